The molecule has 2 atom stereocenters. The third-order valence-corrected chi connectivity index (χ3v) is 7.29. The molecular formula is C22H30N6O6S. The number of anilines is 1. The zero-order valence-electron chi connectivity index (χ0n) is 19.8. The van der Waals surface area contributed by atoms with Gasteiger partial charge in [-0.05, 0) is 44.7 Å². The molecule has 6 N–H and O–H groups in total. The number of carboxylic acids is 1. The topological polar surface area (TPSA) is 189 Å². The highest BCUT2D eigenvalue weighted by molar-refractivity contribution is 7.89. The maximum Gasteiger partial charge on any atom is 0.323 e. The van der Waals surface area contributed by atoms with Crippen molar-refractivity contribution in [2.75, 3.05) is 12.3 Å². The highest BCUT2D eigenvalue weighted by Crippen LogP contribution is 2.22. The Bertz CT molecular complexity index is 1220. The summed E-state index contributed by atoms with van der Waals surface area (Å²) in [4.78, 5) is 36.2. The van der Waals surface area contributed by atoms with Crippen LogP contribution in [0.4, 0.5) is 5.95 Å². The summed E-state index contributed by atoms with van der Waals surface area (Å²) in [6, 6.07) is 1.88. The molecule has 0 spiro atoms. The Morgan fingerprint density at radius 1 is 1.26 bits per heavy atom. The van der Waals surface area contributed by atoms with E-state index in [-0.39, 0.29) is 11.3 Å². The van der Waals surface area contributed by atoms with Crippen LogP contribution in [0.15, 0.2) is 28.4 Å². The fourth-order valence-corrected chi connectivity index (χ4v) is 5.68. The van der Waals surface area contributed by atoms with Crippen LogP contribution >= 0.6 is 0 Å². The number of H-pyrrole nitrogens is 1. The zero-order valence-corrected chi connectivity index (χ0v) is 20.6. The highest BCUT2D eigenvalue weighted by Gasteiger charge is 2.29. The number of sulfonamides is 1. The van der Waals surface area contributed by atoms with Crippen LogP contribution in [0.1, 0.15) is 41.6 Å². The molecule has 13 heteroatoms. The number of aromatic amines is 1. The van der Waals surface area contributed by atoms with Gasteiger partial charge in [0.25, 0.3) is 0 Å². The van der Waals surface area contributed by atoms with Crippen molar-refractivity contribution in [1.82, 2.24) is 20.0 Å². The second-order valence-corrected chi connectivity index (χ2v) is 10.3. The fourth-order valence-electron chi connectivity index (χ4n) is 4.04. The summed E-state index contributed by atoms with van der Waals surface area (Å²) in [6.45, 7) is 4.72. The van der Waals surface area contributed by atoms with E-state index < -0.39 is 40.6 Å². The van der Waals surface area contributed by atoms with Crippen molar-refractivity contribution in [3.05, 3.63) is 40.7 Å². The van der Waals surface area contributed by atoms with E-state index in [0.29, 0.717) is 36.3 Å². The van der Waals surface area contributed by atoms with Gasteiger partial charge in [0.1, 0.15) is 12.1 Å². The minimum atomic E-state index is -4.13. The average Bonchev–Trinajstić information content (AvgIpc) is 3.36. The molecule has 2 heterocycles. The molecule has 1 aromatic carbocycles. The number of nitrogens with one attached hydrogen (secondary N) is 3. The summed E-state index contributed by atoms with van der Waals surface area (Å²) < 4.78 is 28.0. The lowest BCUT2D eigenvalue weighted by molar-refractivity contribution is -0.138. The standard InChI is InChI=1S/C22H30N6O6S/c1-12-6-13(2)20(14(3)7-12)35(32,33)28-18(21(30)31)11-24-19(29)9-17-8-15(27-34-17)4-5-16-10-25-22(23)26-16/h6-7,10,17-18,28H,4-5,8-9,11H2,1-3H3,(H,24,29)(H,30,31)(H3,23,25,26). The van der Waals surface area contributed by atoms with Gasteiger partial charge < -0.3 is 26.0 Å². The number of aryl methyl sites for hydroxylation is 4. The summed E-state index contributed by atoms with van der Waals surface area (Å²) in [5.41, 5.74) is 9.11. The number of carbonyl (C=O) groups excluding carboxylic acids is 1. The number of nitrogens with zero attached hydrogens (tertiary/aromatic N) is 2. The molecule has 1 amide bonds. The number of carbonyl (C=O) groups is 2. The lowest BCUT2D eigenvalue weighted by Gasteiger charge is -2.18. The second kappa shape index (κ2) is 10.9. The van der Waals surface area contributed by atoms with Crippen molar-refractivity contribution in [2.24, 2.45) is 5.16 Å². The lowest BCUT2D eigenvalue weighted by Crippen LogP contribution is -2.48. The first-order valence-corrected chi connectivity index (χ1v) is 12.5. The van der Waals surface area contributed by atoms with E-state index in [1.165, 1.54) is 0 Å². The van der Waals surface area contributed by atoms with E-state index in [9.17, 15) is 23.1 Å². The number of imidazole rings is 1. The number of aliphatic carboxylic acids is 1. The molecule has 1 aromatic heterocycles. The Kier molecular flexibility index (Phi) is 8.12. The van der Waals surface area contributed by atoms with Gasteiger partial charge in [-0.1, -0.05) is 22.9 Å². The van der Waals surface area contributed by atoms with Crippen LogP contribution in [-0.4, -0.2) is 59.8 Å². The number of carboxylic acid groups (broad SMARTS) is 1. The van der Waals surface area contributed by atoms with E-state index in [1.54, 1.807) is 32.2 Å². The van der Waals surface area contributed by atoms with E-state index in [4.69, 9.17) is 10.6 Å². The predicted octanol–water partition coefficient (Wildman–Crippen LogP) is 0.933. The Balaban J connectivity index is 1.50. The quantitative estimate of drug-likeness (QED) is 0.297. The smallest absolute Gasteiger partial charge is 0.323 e. The number of oxime groups is 1. The van der Waals surface area contributed by atoms with Gasteiger partial charge >= 0.3 is 5.97 Å². The number of benzene rings is 1. The summed E-state index contributed by atoms with van der Waals surface area (Å²) in [5, 5.41) is 16.0. The van der Waals surface area contributed by atoms with E-state index in [1.807, 2.05) is 6.92 Å². The van der Waals surface area contributed by atoms with Crippen molar-refractivity contribution in [3.8, 4) is 0 Å². The third kappa shape index (κ3) is 7.02. The molecule has 0 saturated carbocycles. The Morgan fingerprint density at radius 3 is 2.54 bits per heavy atom. The normalized spacial score (nSPS) is 16.4. The van der Waals surface area contributed by atoms with Gasteiger partial charge in [-0.15, -0.1) is 0 Å². The van der Waals surface area contributed by atoms with Crippen molar-refractivity contribution in [1.29, 1.82) is 0 Å². The van der Waals surface area contributed by atoms with Crippen LogP contribution in [0.5, 0.6) is 0 Å². The van der Waals surface area contributed by atoms with Gasteiger partial charge in [0.15, 0.2) is 5.95 Å². The van der Waals surface area contributed by atoms with Crippen molar-refractivity contribution < 1.29 is 28.0 Å². The number of amides is 1. The van der Waals surface area contributed by atoms with Gasteiger partial charge in [-0.25, -0.2) is 13.4 Å². The van der Waals surface area contributed by atoms with E-state index in [0.717, 1.165) is 17.0 Å². The van der Waals surface area contributed by atoms with E-state index in [2.05, 4.69) is 25.2 Å². The van der Waals surface area contributed by atoms with Gasteiger partial charge in [-0.2, -0.15) is 4.72 Å². The molecule has 1 aliphatic rings. The summed E-state index contributed by atoms with van der Waals surface area (Å²) in [5.74, 6) is -1.54. The van der Waals surface area contributed by atoms with Crippen LogP contribution in [0.25, 0.3) is 0 Å². The van der Waals surface area contributed by atoms with Crippen molar-refractivity contribution in [3.63, 3.8) is 0 Å². The minimum absolute atomic E-state index is 0.0301. The van der Waals surface area contributed by atoms with Gasteiger partial charge in [0, 0.05) is 18.7 Å². The molecule has 3 rings (SSSR count). The number of nitrogen functional groups attached to an aromatic ring is 1. The number of aromatic nitrogens is 2. The maximum absolute atomic E-state index is 12.9. The number of nitrogens with two attached hydrogens (primary N) is 1. The number of hydrogen-bond acceptors (Lipinski definition) is 8. The minimum Gasteiger partial charge on any atom is -0.480 e. The van der Waals surface area contributed by atoms with Crippen LogP contribution in [-0.2, 0) is 30.9 Å². The molecule has 0 saturated heterocycles. The Labute approximate surface area is 203 Å². The SMILES string of the molecule is Cc1cc(C)c(S(=O)(=O)NC(CNC(=O)CC2CC(CCc3cnc(N)[nH]3)=NO2)C(=O)O)c(C)c1. The molecule has 0 bridgehead atoms. The van der Waals surface area contributed by atoms with Crippen molar-refractivity contribution >= 4 is 33.6 Å². The highest BCUT2D eigenvalue weighted by atomic mass is 32.2. The summed E-state index contributed by atoms with van der Waals surface area (Å²) >= 11 is 0. The Hall–Kier alpha value is -3.45. The van der Waals surface area contributed by atoms with Crippen LogP contribution < -0.4 is 15.8 Å². The second-order valence-electron chi connectivity index (χ2n) is 8.63. The molecule has 190 valence electrons. The largest absolute Gasteiger partial charge is 0.480 e. The first kappa shape index (κ1) is 26.2. The van der Waals surface area contributed by atoms with Crippen LogP contribution in [0.3, 0.4) is 0 Å². The molecule has 0 radical (unpaired) electrons. The lowest BCUT2D eigenvalue weighted by atomic mass is 10.1. The summed E-state index contributed by atoms with van der Waals surface area (Å²) in [6.07, 6.45) is 2.84. The monoisotopic (exact) mass is 506 g/mol. The maximum atomic E-state index is 12.9. The molecule has 12 nitrogen and oxygen atoms in total. The van der Waals surface area contributed by atoms with Crippen LogP contribution in [0, 0.1) is 20.8 Å². The average molecular weight is 507 g/mol. The molecule has 2 unspecified atom stereocenters. The van der Waals surface area contributed by atoms with Crippen LogP contribution in [0.2, 0.25) is 0 Å². The molecule has 2 aromatic rings. The van der Waals surface area contributed by atoms with Gasteiger partial charge in [0.05, 0.1) is 23.2 Å². The first-order chi connectivity index (χ1) is 16.4. The first-order valence-electron chi connectivity index (χ1n) is 11.0. The zero-order chi connectivity index (χ0) is 25.8. The molecule has 35 heavy (non-hydrogen) atoms. The summed E-state index contributed by atoms with van der Waals surface area (Å²) in [7, 11) is -4.13. The third-order valence-electron chi connectivity index (χ3n) is 5.51. The van der Waals surface area contributed by atoms with Gasteiger partial charge in [-0.3, -0.25) is 9.59 Å². The van der Waals surface area contributed by atoms with Gasteiger partial charge in [0.2, 0.25) is 15.9 Å². The molecular weight excluding hydrogens is 476 g/mol. The predicted molar refractivity (Wildman–Crippen MR) is 128 cm³/mol. The molecule has 0 aliphatic carbocycles. The Morgan fingerprint density at radius 2 is 1.94 bits per heavy atom. The van der Waals surface area contributed by atoms with E-state index >= 15 is 0 Å². The molecule has 1 aliphatic heterocycles. The number of hydrogen-bond donors (Lipinski definition) is 5. The number of rotatable bonds is 11. The fraction of sp³-hybridized carbons (Fsp3) is 0.455. The van der Waals surface area contributed by atoms with Crippen molar-refractivity contribution in [2.45, 2.75) is 63.5 Å². The molecule has 0 fully saturated rings.